The molecule has 1 aromatic heterocycles. The van der Waals surface area contributed by atoms with Gasteiger partial charge in [-0.15, -0.1) is 0 Å². The third-order valence-electron chi connectivity index (χ3n) is 1.65. The fourth-order valence-corrected chi connectivity index (χ4v) is 1.51. The molecular weight excluding hydrogens is 258 g/mol. The normalized spacial score (nSPS) is 10.2. The van der Waals surface area contributed by atoms with E-state index in [2.05, 4.69) is 15.9 Å². The minimum absolute atomic E-state index is 0.0269. The molecular formula is C8H5BrF2N2O. The number of hydrogen-bond acceptors (Lipinski definition) is 2. The number of nitrogens with zero attached hydrogens (tertiary/aromatic N) is 1. The number of alkyl halides is 3. The number of aromatic nitrogens is 1. The van der Waals surface area contributed by atoms with Gasteiger partial charge in [-0.2, -0.15) is 5.26 Å². The molecule has 0 saturated carbocycles. The second-order valence-electron chi connectivity index (χ2n) is 2.49. The highest BCUT2D eigenvalue weighted by atomic mass is 79.9. The van der Waals surface area contributed by atoms with Crippen molar-refractivity contribution in [3.63, 3.8) is 0 Å². The minimum Gasteiger partial charge on any atom is -0.321 e. The van der Waals surface area contributed by atoms with E-state index in [1.54, 1.807) is 6.07 Å². The van der Waals surface area contributed by atoms with Gasteiger partial charge >= 0.3 is 0 Å². The first-order valence-corrected chi connectivity index (χ1v) is 4.72. The van der Waals surface area contributed by atoms with Gasteiger partial charge in [0.15, 0.2) is 0 Å². The van der Waals surface area contributed by atoms with Crippen LogP contribution in [-0.2, 0) is 5.33 Å². The summed E-state index contributed by atoms with van der Waals surface area (Å²) in [6.07, 6.45) is -2.78. The predicted octanol–water partition coefficient (Wildman–Crippen LogP) is 2.08. The number of halogens is 3. The maximum atomic E-state index is 12.2. The molecule has 14 heavy (non-hydrogen) atoms. The van der Waals surface area contributed by atoms with Crippen molar-refractivity contribution in [1.29, 1.82) is 5.26 Å². The molecule has 0 aliphatic carbocycles. The Morgan fingerprint density at radius 2 is 2.29 bits per heavy atom. The quantitative estimate of drug-likeness (QED) is 0.830. The minimum atomic E-state index is -2.78. The van der Waals surface area contributed by atoms with Crippen LogP contribution in [0.15, 0.2) is 10.9 Å². The van der Waals surface area contributed by atoms with Gasteiger partial charge < -0.3 is 4.98 Å². The molecule has 0 bridgehead atoms. The standard InChI is InChI=1S/C8H5BrF2N2O/c9-2-5-4(3-12)1-6(7(10)11)13-8(5)14/h1,7H,2H2,(H,13,14). The van der Waals surface area contributed by atoms with Crippen molar-refractivity contribution in [3.8, 4) is 6.07 Å². The van der Waals surface area contributed by atoms with Crippen LogP contribution in [0.25, 0.3) is 0 Å². The molecule has 3 nitrogen and oxygen atoms in total. The molecule has 0 aliphatic rings. The van der Waals surface area contributed by atoms with E-state index in [1.807, 2.05) is 4.98 Å². The van der Waals surface area contributed by atoms with Gasteiger partial charge in [0.05, 0.1) is 17.3 Å². The Hall–Kier alpha value is -1.22. The maximum Gasteiger partial charge on any atom is 0.278 e. The molecule has 0 aromatic carbocycles. The molecule has 0 amide bonds. The lowest BCUT2D eigenvalue weighted by atomic mass is 10.1. The van der Waals surface area contributed by atoms with Crippen molar-refractivity contribution in [2.45, 2.75) is 11.8 Å². The molecule has 0 saturated heterocycles. The van der Waals surface area contributed by atoms with Crippen molar-refractivity contribution < 1.29 is 8.78 Å². The van der Waals surface area contributed by atoms with Crippen LogP contribution in [0.5, 0.6) is 0 Å². The van der Waals surface area contributed by atoms with Crippen molar-refractivity contribution >= 4 is 15.9 Å². The lowest BCUT2D eigenvalue weighted by Gasteiger charge is -2.02. The van der Waals surface area contributed by atoms with Crippen LogP contribution in [0, 0.1) is 11.3 Å². The summed E-state index contributed by atoms with van der Waals surface area (Å²) in [4.78, 5) is 13.2. The first-order chi connectivity index (χ1) is 6.60. The maximum absolute atomic E-state index is 12.2. The molecule has 1 aromatic rings. The highest BCUT2D eigenvalue weighted by molar-refractivity contribution is 9.08. The van der Waals surface area contributed by atoms with Crippen molar-refractivity contribution in [2.24, 2.45) is 0 Å². The van der Waals surface area contributed by atoms with E-state index < -0.39 is 17.7 Å². The molecule has 0 spiro atoms. The molecule has 74 valence electrons. The van der Waals surface area contributed by atoms with Crippen molar-refractivity contribution in [3.05, 3.63) is 33.2 Å². The number of pyridine rings is 1. The zero-order valence-corrected chi connectivity index (χ0v) is 8.44. The summed E-state index contributed by atoms with van der Waals surface area (Å²) in [5.74, 6) is 0. The van der Waals surface area contributed by atoms with Crippen molar-refractivity contribution in [2.75, 3.05) is 0 Å². The fraction of sp³-hybridized carbons (Fsp3) is 0.250. The number of H-pyrrole nitrogens is 1. The van der Waals surface area contributed by atoms with Crippen LogP contribution in [-0.4, -0.2) is 4.98 Å². The van der Waals surface area contributed by atoms with Gasteiger partial charge in [-0.25, -0.2) is 8.78 Å². The molecule has 1 N–H and O–H groups in total. The Morgan fingerprint density at radius 1 is 1.64 bits per heavy atom. The third-order valence-corrected chi connectivity index (χ3v) is 2.21. The zero-order chi connectivity index (χ0) is 10.7. The van der Waals surface area contributed by atoms with Crippen LogP contribution < -0.4 is 5.56 Å². The lowest BCUT2D eigenvalue weighted by molar-refractivity contribution is 0.145. The van der Waals surface area contributed by atoms with Crippen LogP contribution >= 0.6 is 15.9 Å². The first-order valence-electron chi connectivity index (χ1n) is 3.60. The SMILES string of the molecule is N#Cc1cc(C(F)F)[nH]c(=O)c1CBr. The summed E-state index contributed by atoms with van der Waals surface area (Å²) in [6.45, 7) is 0. The predicted molar refractivity (Wildman–Crippen MR) is 49.4 cm³/mol. The first kappa shape index (κ1) is 10.9. The Labute approximate surface area is 86.5 Å². The number of nitrogens with one attached hydrogen (secondary N) is 1. The van der Waals surface area contributed by atoms with Crippen LogP contribution in [0.1, 0.15) is 23.2 Å². The summed E-state index contributed by atoms with van der Waals surface area (Å²) in [5.41, 5.74) is -1.05. The van der Waals surface area contributed by atoms with Gasteiger partial charge in [0, 0.05) is 10.9 Å². The average Bonchev–Trinajstić information content (AvgIpc) is 2.16. The molecule has 0 radical (unpaired) electrons. The number of aromatic amines is 1. The molecule has 0 atom stereocenters. The van der Waals surface area contributed by atoms with E-state index >= 15 is 0 Å². The largest absolute Gasteiger partial charge is 0.321 e. The van der Waals surface area contributed by atoms with Crippen LogP contribution in [0.2, 0.25) is 0 Å². The monoisotopic (exact) mass is 262 g/mol. The van der Waals surface area contributed by atoms with Gasteiger partial charge in [-0.3, -0.25) is 4.79 Å². The number of nitriles is 1. The van der Waals surface area contributed by atoms with Gasteiger partial charge in [-0.05, 0) is 6.07 Å². The zero-order valence-electron chi connectivity index (χ0n) is 6.85. The molecule has 0 unspecified atom stereocenters. The number of rotatable bonds is 2. The highest BCUT2D eigenvalue weighted by Crippen LogP contribution is 2.17. The van der Waals surface area contributed by atoms with Crippen molar-refractivity contribution in [1.82, 2.24) is 4.98 Å². The van der Waals surface area contributed by atoms with E-state index in [9.17, 15) is 13.6 Å². The average molecular weight is 263 g/mol. The second-order valence-corrected chi connectivity index (χ2v) is 3.05. The topological polar surface area (TPSA) is 56.6 Å². The highest BCUT2D eigenvalue weighted by Gasteiger charge is 2.13. The molecule has 0 aliphatic heterocycles. The summed E-state index contributed by atoms with van der Waals surface area (Å²) in [6, 6.07) is 2.69. The van der Waals surface area contributed by atoms with Gasteiger partial charge in [0.25, 0.3) is 12.0 Å². The summed E-state index contributed by atoms with van der Waals surface area (Å²) in [7, 11) is 0. The molecule has 6 heteroatoms. The lowest BCUT2D eigenvalue weighted by Crippen LogP contribution is -2.15. The van der Waals surface area contributed by atoms with E-state index in [-0.39, 0.29) is 16.5 Å². The van der Waals surface area contributed by atoms with Gasteiger partial charge in [0.2, 0.25) is 0 Å². The Balaban J connectivity index is 3.41. The van der Waals surface area contributed by atoms with E-state index in [0.29, 0.717) is 0 Å². The summed E-state index contributed by atoms with van der Waals surface area (Å²) in [5, 5.41) is 8.77. The molecule has 1 rings (SSSR count). The summed E-state index contributed by atoms with van der Waals surface area (Å²) < 4.78 is 24.4. The van der Waals surface area contributed by atoms with Crippen LogP contribution in [0.4, 0.5) is 8.78 Å². The third kappa shape index (κ3) is 1.99. The Morgan fingerprint density at radius 3 is 2.71 bits per heavy atom. The summed E-state index contributed by atoms with van der Waals surface area (Å²) >= 11 is 3.00. The smallest absolute Gasteiger partial charge is 0.278 e. The van der Waals surface area contributed by atoms with E-state index in [0.717, 1.165) is 6.07 Å². The van der Waals surface area contributed by atoms with Gasteiger partial charge in [0.1, 0.15) is 0 Å². The molecule has 0 fully saturated rings. The molecule has 1 heterocycles. The van der Waals surface area contributed by atoms with Crippen LogP contribution in [0.3, 0.4) is 0 Å². The fourth-order valence-electron chi connectivity index (χ4n) is 0.958. The van der Waals surface area contributed by atoms with E-state index in [1.165, 1.54) is 0 Å². The Bertz CT molecular complexity index is 436. The number of hydrogen-bond donors (Lipinski definition) is 1. The van der Waals surface area contributed by atoms with Gasteiger partial charge in [-0.1, -0.05) is 15.9 Å². The van der Waals surface area contributed by atoms with E-state index in [4.69, 9.17) is 5.26 Å². The Kier molecular flexibility index (Phi) is 3.36. The second kappa shape index (κ2) is 4.33.